The molecule has 0 aromatic heterocycles. The summed E-state index contributed by atoms with van der Waals surface area (Å²) in [6.07, 6.45) is 2.77. The molecule has 0 spiro atoms. The average Bonchev–Trinajstić information content (AvgIpc) is 3.38. The van der Waals surface area contributed by atoms with Gasteiger partial charge in [0, 0.05) is 28.4 Å². The normalized spacial score (nSPS) is 14.4. The van der Waals surface area contributed by atoms with Crippen molar-refractivity contribution in [3.05, 3.63) is 64.4 Å². The minimum absolute atomic E-state index is 0.0186. The van der Waals surface area contributed by atoms with Gasteiger partial charge in [-0.15, -0.1) is 0 Å². The Hall–Kier alpha value is -1.92. The second-order valence-electron chi connectivity index (χ2n) is 6.16. The van der Waals surface area contributed by atoms with E-state index in [2.05, 4.69) is 0 Å². The largest absolute Gasteiger partial charge is 0.331 e. The van der Waals surface area contributed by atoms with Crippen LogP contribution in [0.3, 0.4) is 0 Å². The third-order valence-corrected chi connectivity index (χ3v) is 5.61. The Kier molecular flexibility index (Phi) is 4.84. The molecule has 7 heteroatoms. The van der Waals surface area contributed by atoms with E-state index in [4.69, 9.17) is 11.6 Å². The Bertz CT molecular complexity index is 905. The van der Waals surface area contributed by atoms with Crippen molar-refractivity contribution >= 4 is 27.3 Å². The number of amides is 1. The van der Waals surface area contributed by atoms with Gasteiger partial charge in [-0.1, -0.05) is 23.7 Å². The van der Waals surface area contributed by atoms with Crippen molar-refractivity contribution in [1.82, 2.24) is 4.90 Å². The van der Waals surface area contributed by atoms with Gasteiger partial charge in [0.25, 0.3) is 5.91 Å². The van der Waals surface area contributed by atoms with Crippen LogP contribution in [-0.4, -0.2) is 31.5 Å². The van der Waals surface area contributed by atoms with Gasteiger partial charge in [0.05, 0.1) is 11.4 Å². The first kappa shape index (κ1) is 17.9. The standard InChI is InChI=1S/C18H17ClFNO3S/c1-25(23,24)14-5-2-4-12(10-14)18(22)21(13-8-9-13)11-15-16(19)6-3-7-17(15)20/h2-7,10,13H,8-9,11H2,1H3. The summed E-state index contributed by atoms with van der Waals surface area (Å²) in [5.74, 6) is -0.789. The monoisotopic (exact) mass is 381 g/mol. The topological polar surface area (TPSA) is 54.5 Å². The number of nitrogens with zero attached hydrogens (tertiary/aromatic N) is 1. The van der Waals surface area contributed by atoms with Crippen LogP contribution in [0.2, 0.25) is 5.02 Å². The van der Waals surface area contributed by atoms with E-state index in [-0.39, 0.29) is 39.5 Å². The van der Waals surface area contributed by atoms with Gasteiger partial charge in [0.2, 0.25) is 0 Å². The van der Waals surface area contributed by atoms with Crippen LogP contribution in [0.5, 0.6) is 0 Å². The smallest absolute Gasteiger partial charge is 0.254 e. The molecule has 1 aliphatic carbocycles. The van der Waals surface area contributed by atoms with Gasteiger partial charge in [0.1, 0.15) is 5.82 Å². The fraction of sp³-hybridized carbons (Fsp3) is 0.278. The molecule has 4 nitrogen and oxygen atoms in total. The first-order chi connectivity index (χ1) is 11.8. The fourth-order valence-electron chi connectivity index (χ4n) is 2.63. The molecule has 1 aliphatic rings. The summed E-state index contributed by atoms with van der Waals surface area (Å²) < 4.78 is 37.5. The van der Waals surface area contributed by atoms with Crippen molar-refractivity contribution < 1.29 is 17.6 Å². The molecule has 0 N–H and O–H groups in total. The van der Waals surface area contributed by atoms with Crippen molar-refractivity contribution in [3.8, 4) is 0 Å². The lowest BCUT2D eigenvalue weighted by atomic mass is 10.1. The Morgan fingerprint density at radius 1 is 1.24 bits per heavy atom. The van der Waals surface area contributed by atoms with Crippen molar-refractivity contribution in [2.75, 3.05) is 6.26 Å². The van der Waals surface area contributed by atoms with Gasteiger partial charge < -0.3 is 4.90 Å². The van der Waals surface area contributed by atoms with Crippen LogP contribution in [0.25, 0.3) is 0 Å². The highest BCUT2D eigenvalue weighted by atomic mass is 35.5. The van der Waals surface area contributed by atoms with Gasteiger partial charge in [-0.3, -0.25) is 4.79 Å². The third kappa shape index (κ3) is 4.02. The second kappa shape index (κ2) is 6.77. The summed E-state index contributed by atoms with van der Waals surface area (Å²) in [5, 5.41) is 0.267. The molecular formula is C18H17ClFNO3S. The number of halogens is 2. The minimum atomic E-state index is -3.41. The molecule has 0 heterocycles. The van der Waals surface area contributed by atoms with Crippen LogP contribution in [0.4, 0.5) is 4.39 Å². The molecule has 1 fully saturated rings. The maximum atomic E-state index is 14.1. The molecular weight excluding hydrogens is 365 g/mol. The lowest BCUT2D eigenvalue weighted by Crippen LogP contribution is -2.33. The zero-order chi connectivity index (χ0) is 18.2. The van der Waals surface area contributed by atoms with Crippen molar-refractivity contribution in [1.29, 1.82) is 0 Å². The van der Waals surface area contributed by atoms with Crippen molar-refractivity contribution in [3.63, 3.8) is 0 Å². The zero-order valence-corrected chi connectivity index (χ0v) is 15.1. The molecule has 3 rings (SSSR count). The lowest BCUT2D eigenvalue weighted by Gasteiger charge is -2.23. The third-order valence-electron chi connectivity index (χ3n) is 4.15. The summed E-state index contributed by atoms with van der Waals surface area (Å²) in [7, 11) is -3.41. The molecule has 0 unspecified atom stereocenters. The lowest BCUT2D eigenvalue weighted by molar-refractivity contribution is 0.0728. The van der Waals surface area contributed by atoms with Gasteiger partial charge in [0.15, 0.2) is 9.84 Å². The van der Waals surface area contributed by atoms with Crippen LogP contribution in [0.1, 0.15) is 28.8 Å². The van der Waals surface area contributed by atoms with E-state index < -0.39 is 15.7 Å². The summed E-state index contributed by atoms with van der Waals surface area (Å²) in [6.45, 7) is 0.0537. The number of carbonyl (C=O) groups excluding carboxylic acids is 1. The highest BCUT2D eigenvalue weighted by Gasteiger charge is 2.34. The minimum Gasteiger partial charge on any atom is -0.331 e. The molecule has 0 saturated heterocycles. The van der Waals surface area contributed by atoms with E-state index >= 15 is 0 Å². The summed E-state index contributed by atoms with van der Waals surface area (Å²) in [4.78, 5) is 14.5. The first-order valence-electron chi connectivity index (χ1n) is 7.81. The first-order valence-corrected chi connectivity index (χ1v) is 10.1. The number of carbonyl (C=O) groups is 1. The van der Waals surface area contributed by atoms with E-state index in [0.717, 1.165) is 19.1 Å². The SMILES string of the molecule is CS(=O)(=O)c1cccc(C(=O)N(Cc2c(F)cccc2Cl)C2CC2)c1. The van der Waals surface area contributed by atoms with E-state index in [9.17, 15) is 17.6 Å². The highest BCUT2D eigenvalue weighted by molar-refractivity contribution is 7.90. The Morgan fingerprint density at radius 3 is 2.52 bits per heavy atom. The zero-order valence-electron chi connectivity index (χ0n) is 13.6. The van der Waals surface area contributed by atoms with Crippen molar-refractivity contribution in [2.24, 2.45) is 0 Å². The van der Waals surface area contributed by atoms with Crippen LogP contribution in [0, 0.1) is 5.82 Å². The Labute approximate surface area is 151 Å². The van der Waals surface area contributed by atoms with Gasteiger partial charge in [-0.2, -0.15) is 0 Å². The molecule has 0 bridgehead atoms. The quantitative estimate of drug-likeness (QED) is 0.793. The predicted octanol–water partition coefficient (Wildman–Crippen LogP) is 3.69. The Balaban J connectivity index is 1.93. The molecule has 25 heavy (non-hydrogen) atoms. The second-order valence-corrected chi connectivity index (χ2v) is 8.59. The maximum absolute atomic E-state index is 14.1. The molecule has 0 radical (unpaired) electrons. The van der Waals surface area contributed by atoms with Gasteiger partial charge in [-0.25, -0.2) is 12.8 Å². The number of rotatable bonds is 5. The summed E-state index contributed by atoms with van der Waals surface area (Å²) in [6, 6.07) is 10.3. The molecule has 1 saturated carbocycles. The van der Waals surface area contributed by atoms with Gasteiger partial charge >= 0.3 is 0 Å². The van der Waals surface area contributed by atoms with Crippen LogP contribution in [0.15, 0.2) is 47.4 Å². The van der Waals surface area contributed by atoms with E-state index in [1.807, 2.05) is 0 Å². The molecule has 132 valence electrons. The van der Waals surface area contributed by atoms with E-state index in [1.165, 1.54) is 30.3 Å². The number of hydrogen-bond acceptors (Lipinski definition) is 3. The fourth-order valence-corrected chi connectivity index (χ4v) is 3.52. The average molecular weight is 382 g/mol. The molecule has 0 atom stereocenters. The van der Waals surface area contributed by atoms with Crippen LogP contribution < -0.4 is 0 Å². The maximum Gasteiger partial charge on any atom is 0.254 e. The van der Waals surface area contributed by atoms with Crippen molar-refractivity contribution in [2.45, 2.75) is 30.3 Å². The number of hydrogen-bond donors (Lipinski definition) is 0. The van der Waals surface area contributed by atoms with E-state index in [0.29, 0.717) is 0 Å². The molecule has 1 amide bonds. The molecule has 2 aromatic carbocycles. The predicted molar refractivity (Wildman–Crippen MR) is 93.9 cm³/mol. The summed E-state index contributed by atoms with van der Waals surface area (Å²) in [5.41, 5.74) is 0.533. The molecule has 2 aromatic rings. The van der Waals surface area contributed by atoms with Crippen LogP contribution >= 0.6 is 11.6 Å². The summed E-state index contributed by atoms with van der Waals surface area (Å²) >= 11 is 6.08. The Morgan fingerprint density at radius 2 is 1.92 bits per heavy atom. The number of benzene rings is 2. The van der Waals surface area contributed by atoms with Gasteiger partial charge in [-0.05, 0) is 43.2 Å². The number of sulfone groups is 1. The van der Waals surface area contributed by atoms with Crippen LogP contribution in [-0.2, 0) is 16.4 Å². The molecule has 0 aliphatic heterocycles. The van der Waals surface area contributed by atoms with E-state index in [1.54, 1.807) is 17.0 Å². The highest BCUT2D eigenvalue weighted by Crippen LogP contribution is 2.32.